The van der Waals surface area contributed by atoms with E-state index in [-0.39, 0.29) is 13.2 Å². The second kappa shape index (κ2) is 8.90. The maximum Gasteiger partial charge on any atom is 0.353 e. The summed E-state index contributed by atoms with van der Waals surface area (Å²) in [4.78, 5) is 25.3. The van der Waals surface area contributed by atoms with E-state index in [1.165, 1.54) is 25.2 Å². The number of aliphatic hydroxyl groups excluding tert-OH is 1. The van der Waals surface area contributed by atoms with Crippen LogP contribution < -0.4 is 11.2 Å². The Morgan fingerprint density at radius 2 is 2.00 bits per heavy atom. The fraction of sp³-hybridized carbons (Fsp3) is 0.600. The fourth-order valence-electron chi connectivity index (χ4n) is 2.61. The number of rotatable bonds is 8. The van der Waals surface area contributed by atoms with Gasteiger partial charge in [-0.25, -0.2) is 4.79 Å². The first kappa shape index (κ1) is 20.8. The highest BCUT2D eigenvalue weighted by Gasteiger charge is 2.44. The molecular formula is C15H23N2O8P. The molecule has 146 valence electrons. The van der Waals surface area contributed by atoms with E-state index >= 15 is 0 Å². The van der Waals surface area contributed by atoms with Gasteiger partial charge in [0.05, 0.1) is 13.2 Å². The lowest BCUT2D eigenvalue weighted by atomic mass is 10.1. The van der Waals surface area contributed by atoms with Crippen LogP contribution in [0, 0.1) is 0 Å². The molecule has 11 heteroatoms. The zero-order valence-electron chi connectivity index (χ0n) is 14.7. The summed E-state index contributed by atoms with van der Waals surface area (Å²) in [5, 5.41) is 10.4. The van der Waals surface area contributed by atoms with Gasteiger partial charge in [-0.15, -0.1) is 0 Å². The highest BCUT2D eigenvalue weighted by Crippen LogP contribution is 2.50. The molecule has 1 aromatic heterocycles. The molecule has 0 aromatic carbocycles. The minimum absolute atomic E-state index is 0.186. The number of aromatic nitrogens is 2. The summed E-state index contributed by atoms with van der Waals surface area (Å²) in [5.74, 6) is 1.22. The molecule has 0 saturated carbocycles. The van der Waals surface area contributed by atoms with Crippen LogP contribution in [0.3, 0.4) is 0 Å². The lowest BCUT2D eigenvalue weighted by molar-refractivity contribution is -0.0491. The number of methoxy groups -OCH3 is 1. The summed E-state index contributed by atoms with van der Waals surface area (Å²) >= 11 is 0. The Bertz CT molecular complexity index is 778. The van der Waals surface area contributed by atoms with E-state index in [1.54, 1.807) is 13.8 Å². The van der Waals surface area contributed by atoms with Crippen LogP contribution in [0.4, 0.5) is 0 Å². The number of aliphatic hydroxyl groups is 1. The maximum atomic E-state index is 12.5. The monoisotopic (exact) mass is 390 g/mol. The molecule has 1 aromatic rings. The molecule has 2 heterocycles. The molecule has 10 nitrogen and oxygen atoms in total. The van der Waals surface area contributed by atoms with Gasteiger partial charge in [-0.1, -0.05) is 0 Å². The predicted molar refractivity (Wildman–Crippen MR) is 92.0 cm³/mol. The van der Waals surface area contributed by atoms with Crippen LogP contribution in [-0.4, -0.2) is 53.3 Å². The number of nitrogens with one attached hydrogen (secondary N) is 1. The Morgan fingerprint density at radius 1 is 1.35 bits per heavy atom. The molecule has 1 saturated heterocycles. The highest BCUT2D eigenvalue weighted by molar-refractivity contribution is 7.57. The third-order valence-electron chi connectivity index (χ3n) is 3.72. The summed E-state index contributed by atoms with van der Waals surface area (Å²) in [6.07, 6.45) is -1.31. The average molecular weight is 390 g/mol. The lowest BCUT2D eigenvalue weighted by Crippen LogP contribution is -2.38. The first-order valence-electron chi connectivity index (χ1n) is 8.11. The predicted octanol–water partition coefficient (Wildman–Crippen LogP) is 0.590. The first-order valence-corrected chi connectivity index (χ1v) is 9.72. The van der Waals surface area contributed by atoms with Gasteiger partial charge >= 0.3 is 13.3 Å². The van der Waals surface area contributed by atoms with Crippen LogP contribution in [-0.2, 0) is 23.1 Å². The van der Waals surface area contributed by atoms with Gasteiger partial charge in [0.1, 0.15) is 18.3 Å². The molecule has 2 rings (SSSR count). The number of nitrogens with zero attached hydrogens (tertiary/aromatic N) is 1. The van der Waals surface area contributed by atoms with E-state index in [2.05, 4.69) is 4.98 Å². The van der Waals surface area contributed by atoms with Crippen molar-refractivity contribution in [1.82, 2.24) is 9.55 Å². The highest BCUT2D eigenvalue weighted by atomic mass is 31.2. The van der Waals surface area contributed by atoms with Gasteiger partial charge in [-0.05, 0) is 19.9 Å². The van der Waals surface area contributed by atoms with Crippen LogP contribution >= 0.6 is 7.60 Å². The van der Waals surface area contributed by atoms with E-state index in [0.29, 0.717) is 0 Å². The van der Waals surface area contributed by atoms with Crippen molar-refractivity contribution in [2.75, 3.05) is 20.3 Å². The zero-order valence-corrected chi connectivity index (χ0v) is 15.6. The number of hydrogen-bond donors (Lipinski definition) is 2. The van der Waals surface area contributed by atoms with Crippen molar-refractivity contribution in [3.63, 3.8) is 0 Å². The molecule has 0 radical (unpaired) electrons. The van der Waals surface area contributed by atoms with Crippen molar-refractivity contribution in [1.29, 1.82) is 0 Å². The second-order valence-electron chi connectivity index (χ2n) is 5.42. The Morgan fingerprint density at radius 3 is 2.54 bits per heavy atom. The van der Waals surface area contributed by atoms with E-state index < -0.39 is 43.4 Å². The topological polar surface area (TPSA) is 129 Å². The van der Waals surface area contributed by atoms with Crippen molar-refractivity contribution in [3.05, 3.63) is 45.0 Å². The van der Waals surface area contributed by atoms with Crippen LogP contribution in [0.5, 0.6) is 0 Å². The molecule has 4 atom stereocenters. The Balaban J connectivity index is 2.27. The molecule has 1 fully saturated rings. The quantitative estimate of drug-likeness (QED) is 0.617. The molecule has 0 aliphatic carbocycles. The van der Waals surface area contributed by atoms with Crippen molar-refractivity contribution in [2.24, 2.45) is 0 Å². The van der Waals surface area contributed by atoms with E-state index in [0.717, 1.165) is 10.6 Å². The molecule has 0 unspecified atom stereocenters. The van der Waals surface area contributed by atoms with Crippen LogP contribution in [0.1, 0.15) is 20.1 Å². The maximum absolute atomic E-state index is 12.5. The molecule has 0 amide bonds. The van der Waals surface area contributed by atoms with E-state index in [1.807, 2.05) is 0 Å². The molecule has 1 aliphatic heterocycles. The minimum Gasteiger partial charge on any atom is -0.387 e. The van der Waals surface area contributed by atoms with Crippen molar-refractivity contribution in [2.45, 2.75) is 38.4 Å². The SMILES string of the molecule is CCOP(=O)(/C=C/[C@@H]1O[C@H](n2ccc(=O)[nH]c2=O)[C@@H](OC)[C@H]1O)OCC. The van der Waals surface area contributed by atoms with Gasteiger partial charge in [0.25, 0.3) is 5.56 Å². The number of hydrogen-bond acceptors (Lipinski definition) is 8. The van der Waals surface area contributed by atoms with Crippen molar-refractivity contribution in [3.8, 4) is 0 Å². The van der Waals surface area contributed by atoms with Gasteiger partial charge in [-0.3, -0.25) is 18.9 Å². The van der Waals surface area contributed by atoms with Crippen LogP contribution in [0.15, 0.2) is 33.7 Å². The van der Waals surface area contributed by atoms with Crippen molar-refractivity contribution < 1.29 is 28.2 Å². The Kier molecular flexibility index (Phi) is 7.10. The molecule has 2 N–H and O–H groups in total. The summed E-state index contributed by atoms with van der Waals surface area (Å²) in [6, 6.07) is 1.16. The Labute approximate surface area is 149 Å². The smallest absolute Gasteiger partial charge is 0.353 e. The van der Waals surface area contributed by atoms with Crippen LogP contribution in [0.2, 0.25) is 0 Å². The summed E-state index contributed by atoms with van der Waals surface area (Å²) in [7, 11) is -2.10. The Hall–Kier alpha value is -1.55. The standard InChI is InChI=1S/C15H23N2O8P/c1-4-23-26(21,24-5-2)9-7-10-12(19)13(22-3)14(25-10)17-8-6-11(18)16-15(17)20/h6-10,12-14,19H,4-5H2,1-3H3,(H,16,18,20)/b9-7+/t10-,12-,13-,14-/m0/s1. The molecule has 0 spiro atoms. The first-order chi connectivity index (χ1) is 12.3. The summed E-state index contributed by atoms with van der Waals surface area (Å²) < 4.78 is 34.8. The molecule has 1 aliphatic rings. The largest absolute Gasteiger partial charge is 0.387 e. The van der Waals surface area contributed by atoms with E-state index in [9.17, 15) is 19.3 Å². The molecule has 26 heavy (non-hydrogen) atoms. The van der Waals surface area contributed by atoms with Gasteiger partial charge in [0, 0.05) is 25.2 Å². The van der Waals surface area contributed by atoms with Crippen LogP contribution in [0.25, 0.3) is 0 Å². The van der Waals surface area contributed by atoms with E-state index in [4.69, 9.17) is 18.5 Å². The third kappa shape index (κ3) is 4.59. The van der Waals surface area contributed by atoms with Gasteiger partial charge in [-0.2, -0.15) is 0 Å². The zero-order chi connectivity index (χ0) is 19.3. The average Bonchev–Trinajstić information content (AvgIpc) is 2.89. The van der Waals surface area contributed by atoms with Gasteiger partial charge in [0.15, 0.2) is 6.23 Å². The molecular weight excluding hydrogens is 367 g/mol. The minimum atomic E-state index is -3.46. The fourth-order valence-corrected chi connectivity index (χ4v) is 3.96. The summed E-state index contributed by atoms with van der Waals surface area (Å²) in [6.45, 7) is 3.73. The molecule has 0 bridgehead atoms. The van der Waals surface area contributed by atoms with Crippen molar-refractivity contribution >= 4 is 7.60 Å². The van der Waals surface area contributed by atoms with Gasteiger partial charge < -0.3 is 23.6 Å². The summed E-state index contributed by atoms with van der Waals surface area (Å²) in [5.41, 5.74) is -1.25. The normalized spacial score (nSPS) is 26.6. The lowest BCUT2D eigenvalue weighted by Gasteiger charge is -2.19. The third-order valence-corrected chi connectivity index (χ3v) is 5.50. The number of aromatic amines is 1. The second-order valence-corrected chi connectivity index (χ2v) is 7.31. The number of H-pyrrole nitrogens is 1. The number of ether oxygens (including phenoxy) is 2. The van der Waals surface area contributed by atoms with Gasteiger partial charge in [0.2, 0.25) is 0 Å².